The standard InChI is InChI=1S/C13H25N3O3S/c1-10-4-3-7-14-12(10)13(17)15-11-5-8-16(9-6-11)20(2,18)19/h10-12,14H,3-9H2,1-2H3,(H,15,17). The number of sulfonamides is 1. The lowest BCUT2D eigenvalue weighted by molar-refractivity contribution is -0.125. The lowest BCUT2D eigenvalue weighted by Crippen LogP contribution is -2.55. The lowest BCUT2D eigenvalue weighted by atomic mass is 9.91. The maximum Gasteiger partial charge on any atom is 0.237 e. The molecule has 2 heterocycles. The van der Waals surface area contributed by atoms with Gasteiger partial charge in [-0.1, -0.05) is 6.92 Å². The molecule has 2 aliphatic rings. The molecular formula is C13H25N3O3S. The second kappa shape index (κ2) is 6.41. The smallest absolute Gasteiger partial charge is 0.237 e. The third-order valence-corrected chi connectivity index (χ3v) is 5.62. The second-order valence-corrected chi connectivity index (χ2v) is 7.98. The van der Waals surface area contributed by atoms with E-state index in [2.05, 4.69) is 17.6 Å². The number of carbonyl (C=O) groups is 1. The molecule has 0 radical (unpaired) electrons. The van der Waals surface area contributed by atoms with Gasteiger partial charge < -0.3 is 10.6 Å². The Morgan fingerprint density at radius 1 is 1.25 bits per heavy atom. The predicted octanol–water partition coefficient (Wildman–Crippen LogP) is -0.0853. The molecule has 0 saturated carbocycles. The van der Waals surface area contributed by atoms with Crippen LogP contribution in [-0.4, -0.2) is 56.6 Å². The van der Waals surface area contributed by atoms with E-state index in [1.807, 2.05) is 0 Å². The first-order valence-corrected chi connectivity index (χ1v) is 9.21. The number of piperidine rings is 2. The summed E-state index contributed by atoms with van der Waals surface area (Å²) in [5.74, 6) is 0.426. The monoisotopic (exact) mass is 303 g/mol. The van der Waals surface area contributed by atoms with Crippen LogP contribution in [-0.2, 0) is 14.8 Å². The molecule has 2 fully saturated rings. The zero-order valence-corrected chi connectivity index (χ0v) is 13.1. The highest BCUT2D eigenvalue weighted by Crippen LogP contribution is 2.17. The lowest BCUT2D eigenvalue weighted by Gasteiger charge is -2.34. The predicted molar refractivity (Wildman–Crippen MR) is 77.8 cm³/mol. The van der Waals surface area contributed by atoms with Crippen LogP contribution in [0.25, 0.3) is 0 Å². The van der Waals surface area contributed by atoms with Gasteiger partial charge in [0, 0.05) is 19.1 Å². The zero-order valence-electron chi connectivity index (χ0n) is 12.3. The summed E-state index contributed by atoms with van der Waals surface area (Å²) in [5.41, 5.74) is 0. The van der Waals surface area contributed by atoms with Gasteiger partial charge in [-0.2, -0.15) is 0 Å². The third kappa shape index (κ3) is 3.93. The topological polar surface area (TPSA) is 78.5 Å². The fourth-order valence-electron chi connectivity index (χ4n) is 3.02. The maximum absolute atomic E-state index is 12.2. The van der Waals surface area contributed by atoms with Gasteiger partial charge in [0.2, 0.25) is 15.9 Å². The largest absolute Gasteiger partial charge is 0.352 e. The van der Waals surface area contributed by atoms with Crippen LogP contribution in [0.3, 0.4) is 0 Å². The van der Waals surface area contributed by atoms with Gasteiger partial charge in [-0.3, -0.25) is 4.79 Å². The van der Waals surface area contributed by atoms with Crippen LogP contribution < -0.4 is 10.6 Å². The molecule has 0 aromatic heterocycles. The summed E-state index contributed by atoms with van der Waals surface area (Å²) in [5, 5.41) is 6.34. The highest BCUT2D eigenvalue weighted by atomic mass is 32.2. The summed E-state index contributed by atoms with van der Waals surface area (Å²) in [7, 11) is -3.10. The minimum atomic E-state index is -3.10. The molecule has 0 aromatic carbocycles. The minimum absolute atomic E-state index is 0.0648. The molecule has 2 N–H and O–H groups in total. The summed E-state index contributed by atoms with van der Waals surface area (Å²) < 4.78 is 24.4. The van der Waals surface area contributed by atoms with Crippen LogP contribution in [0.15, 0.2) is 0 Å². The van der Waals surface area contributed by atoms with Crippen molar-refractivity contribution >= 4 is 15.9 Å². The maximum atomic E-state index is 12.2. The molecular weight excluding hydrogens is 278 g/mol. The molecule has 6 nitrogen and oxygen atoms in total. The van der Waals surface area contributed by atoms with Crippen molar-refractivity contribution in [2.45, 2.75) is 44.7 Å². The van der Waals surface area contributed by atoms with Crippen molar-refractivity contribution in [1.82, 2.24) is 14.9 Å². The Morgan fingerprint density at radius 3 is 2.45 bits per heavy atom. The average Bonchev–Trinajstić information content (AvgIpc) is 2.38. The van der Waals surface area contributed by atoms with E-state index < -0.39 is 10.0 Å². The highest BCUT2D eigenvalue weighted by molar-refractivity contribution is 7.88. The van der Waals surface area contributed by atoms with E-state index in [4.69, 9.17) is 0 Å². The Morgan fingerprint density at radius 2 is 1.90 bits per heavy atom. The number of hydrogen-bond acceptors (Lipinski definition) is 4. The zero-order chi connectivity index (χ0) is 14.8. The number of rotatable bonds is 3. The molecule has 0 aliphatic carbocycles. The van der Waals surface area contributed by atoms with Crippen molar-refractivity contribution < 1.29 is 13.2 Å². The summed E-state index contributed by atoms with van der Waals surface area (Å²) in [6, 6.07) is -0.00638. The van der Waals surface area contributed by atoms with Crippen LogP contribution in [0, 0.1) is 5.92 Å². The first-order valence-electron chi connectivity index (χ1n) is 7.37. The molecule has 116 valence electrons. The average molecular weight is 303 g/mol. The summed E-state index contributed by atoms with van der Waals surface area (Å²) >= 11 is 0. The van der Waals surface area contributed by atoms with E-state index in [-0.39, 0.29) is 18.0 Å². The first-order chi connectivity index (χ1) is 9.38. The second-order valence-electron chi connectivity index (χ2n) is 6.00. The number of nitrogens with zero attached hydrogens (tertiary/aromatic N) is 1. The molecule has 0 spiro atoms. The first kappa shape index (κ1) is 15.7. The van der Waals surface area contributed by atoms with Crippen LogP contribution in [0.2, 0.25) is 0 Å². The summed E-state index contributed by atoms with van der Waals surface area (Å²) in [6.45, 7) is 3.99. The van der Waals surface area contributed by atoms with Crippen LogP contribution >= 0.6 is 0 Å². The van der Waals surface area contributed by atoms with Gasteiger partial charge in [0.1, 0.15) is 0 Å². The molecule has 7 heteroatoms. The van der Waals surface area contributed by atoms with E-state index in [0.29, 0.717) is 31.8 Å². The van der Waals surface area contributed by atoms with Gasteiger partial charge in [-0.15, -0.1) is 0 Å². The van der Waals surface area contributed by atoms with Gasteiger partial charge in [0.15, 0.2) is 0 Å². The van der Waals surface area contributed by atoms with E-state index in [1.165, 1.54) is 10.6 Å². The SMILES string of the molecule is CC1CCCNC1C(=O)NC1CCN(S(C)(=O)=O)CC1. The number of amides is 1. The van der Waals surface area contributed by atoms with Crippen molar-refractivity contribution in [2.24, 2.45) is 5.92 Å². The highest BCUT2D eigenvalue weighted by Gasteiger charge is 2.31. The van der Waals surface area contributed by atoms with Crippen molar-refractivity contribution in [1.29, 1.82) is 0 Å². The number of nitrogens with one attached hydrogen (secondary N) is 2. The molecule has 2 rings (SSSR count). The Kier molecular flexibility index (Phi) is 5.04. The molecule has 2 aliphatic heterocycles. The van der Waals surface area contributed by atoms with Gasteiger partial charge in [-0.05, 0) is 38.1 Å². The minimum Gasteiger partial charge on any atom is -0.352 e. The fourth-order valence-corrected chi connectivity index (χ4v) is 3.90. The number of hydrogen-bond donors (Lipinski definition) is 2. The molecule has 1 amide bonds. The molecule has 0 aromatic rings. The normalized spacial score (nSPS) is 30.1. The summed E-state index contributed by atoms with van der Waals surface area (Å²) in [6.07, 6.45) is 4.83. The van der Waals surface area contributed by atoms with Crippen molar-refractivity contribution in [3.8, 4) is 0 Å². The Bertz CT molecular complexity index is 444. The molecule has 2 unspecified atom stereocenters. The van der Waals surface area contributed by atoms with E-state index in [1.54, 1.807) is 0 Å². The van der Waals surface area contributed by atoms with Crippen LogP contribution in [0.5, 0.6) is 0 Å². The van der Waals surface area contributed by atoms with Crippen LogP contribution in [0.4, 0.5) is 0 Å². The Balaban J connectivity index is 1.82. The van der Waals surface area contributed by atoms with Gasteiger partial charge in [0.25, 0.3) is 0 Å². The quantitative estimate of drug-likeness (QED) is 0.764. The van der Waals surface area contributed by atoms with Crippen molar-refractivity contribution in [2.75, 3.05) is 25.9 Å². The Hall–Kier alpha value is -0.660. The van der Waals surface area contributed by atoms with E-state index >= 15 is 0 Å². The Labute approximate surface area is 121 Å². The number of carbonyl (C=O) groups excluding carboxylic acids is 1. The molecule has 20 heavy (non-hydrogen) atoms. The van der Waals surface area contributed by atoms with Crippen molar-refractivity contribution in [3.63, 3.8) is 0 Å². The van der Waals surface area contributed by atoms with E-state index in [9.17, 15) is 13.2 Å². The van der Waals surface area contributed by atoms with Gasteiger partial charge in [-0.25, -0.2) is 12.7 Å². The third-order valence-electron chi connectivity index (χ3n) is 4.32. The summed E-state index contributed by atoms with van der Waals surface area (Å²) in [4.78, 5) is 12.2. The van der Waals surface area contributed by atoms with Gasteiger partial charge in [0.05, 0.1) is 12.3 Å². The molecule has 0 bridgehead atoms. The molecule has 2 atom stereocenters. The molecule has 2 saturated heterocycles. The van der Waals surface area contributed by atoms with Crippen molar-refractivity contribution in [3.05, 3.63) is 0 Å². The van der Waals surface area contributed by atoms with E-state index in [0.717, 1.165) is 19.4 Å². The van der Waals surface area contributed by atoms with Gasteiger partial charge >= 0.3 is 0 Å². The van der Waals surface area contributed by atoms with Crippen LogP contribution in [0.1, 0.15) is 32.6 Å². The fraction of sp³-hybridized carbons (Fsp3) is 0.923.